The van der Waals surface area contributed by atoms with Crippen LogP contribution in [0.5, 0.6) is 0 Å². The SMILES string of the molecule is CC(C)CCCCCCCc1cnnn1CCC(C)C.CC(C)CCCCCCCc1cnnn1CCC(C)C.CC(C)CCCCCc1cnnn1CC(C)C.CC(C)CCCCCc1cnnn1CC(C)C. The number of aromatic nitrogens is 12. The lowest BCUT2D eigenvalue weighted by Gasteiger charge is -2.08. The fourth-order valence-electron chi connectivity index (χ4n) is 8.88. The molecule has 0 unspecified atom stereocenters. The molecule has 0 radical (unpaired) electrons. The van der Waals surface area contributed by atoms with E-state index in [1.54, 1.807) is 0 Å². The molecule has 0 amide bonds. The number of nitrogens with zero attached hydrogens (tertiary/aromatic N) is 12. The largest absolute Gasteiger partial charge is 0.249 e. The Morgan fingerprint density at radius 1 is 0.257 bits per heavy atom. The number of aryl methyl sites for hydroxylation is 6. The first-order chi connectivity index (χ1) is 35.4. The molecule has 74 heavy (non-hydrogen) atoms. The summed E-state index contributed by atoms with van der Waals surface area (Å²) < 4.78 is 8.32. The van der Waals surface area contributed by atoms with E-state index in [1.165, 1.54) is 164 Å². The lowest BCUT2D eigenvalue weighted by molar-refractivity contribution is 0.453. The minimum absolute atomic E-state index is 0.636. The van der Waals surface area contributed by atoms with Gasteiger partial charge in [0, 0.05) is 26.2 Å². The standard InChI is InChI=1S/2C17H33N3.2C14H27N3/c2*1-15(2)10-8-6-5-7-9-11-17-14-18-19-20(17)13-12-16(3)4;2*1-12(2)8-6-5-7-9-14-10-15-16-17(14)11-13(3)4/h2*14-16H,5-13H2,1-4H3;2*10,12-13H,5-9,11H2,1-4H3. The molecule has 4 heterocycles. The lowest BCUT2D eigenvalue weighted by atomic mass is 10.0. The minimum Gasteiger partial charge on any atom is -0.249 e. The molecule has 0 aliphatic heterocycles. The van der Waals surface area contributed by atoms with Crippen LogP contribution in [-0.4, -0.2) is 60.0 Å². The second-order valence-corrected chi connectivity index (χ2v) is 25.3. The Morgan fingerprint density at radius 2 is 0.473 bits per heavy atom. The van der Waals surface area contributed by atoms with E-state index in [0.717, 1.165) is 87.4 Å². The molecule has 12 heteroatoms. The Hall–Kier alpha value is -3.44. The Bertz CT molecular complexity index is 1680. The molecule has 0 saturated heterocycles. The van der Waals surface area contributed by atoms with Crippen LogP contribution in [0.2, 0.25) is 0 Å². The predicted molar refractivity (Wildman–Crippen MR) is 315 cm³/mol. The van der Waals surface area contributed by atoms with Crippen molar-refractivity contribution in [2.45, 2.75) is 304 Å². The van der Waals surface area contributed by atoms with Crippen molar-refractivity contribution >= 4 is 0 Å². The van der Waals surface area contributed by atoms with Crippen LogP contribution < -0.4 is 0 Å². The maximum absolute atomic E-state index is 4.20. The maximum atomic E-state index is 4.20. The Morgan fingerprint density at radius 3 is 0.730 bits per heavy atom. The highest BCUT2D eigenvalue weighted by molar-refractivity contribution is 4.96. The molecular weight excluding hydrogens is 913 g/mol. The number of hydrogen-bond donors (Lipinski definition) is 0. The highest BCUT2D eigenvalue weighted by Crippen LogP contribution is 2.17. The van der Waals surface area contributed by atoms with Crippen molar-refractivity contribution in [1.29, 1.82) is 0 Å². The normalized spacial score (nSPS) is 11.7. The summed E-state index contributed by atoms with van der Waals surface area (Å²) in [5.74, 6) is 6.12. The number of unbranched alkanes of at least 4 members (excludes halogenated alkanes) is 12. The number of rotatable bonds is 38. The molecular formula is C62H120N12. The van der Waals surface area contributed by atoms with Crippen molar-refractivity contribution in [2.75, 3.05) is 0 Å². The highest BCUT2D eigenvalue weighted by atomic mass is 15.4. The van der Waals surface area contributed by atoms with Crippen LogP contribution in [0.15, 0.2) is 24.8 Å². The monoisotopic (exact) mass is 1030 g/mol. The summed E-state index contributed by atoms with van der Waals surface area (Å²) in [5, 5.41) is 32.9. The second-order valence-electron chi connectivity index (χ2n) is 25.3. The van der Waals surface area contributed by atoms with Gasteiger partial charge < -0.3 is 0 Å². The summed E-state index contributed by atoms with van der Waals surface area (Å²) in [6.07, 6.45) is 41.5. The maximum Gasteiger partial charge on any atom is 0.0725 e. The Kier molecular flexibility index (Phi) is 40.4. The van der Waals surface area contributed by atoms with E-state index >= 15 is 0 Å². The summed E-state index contributed by atoms with van der Waals surface area (Å²) in [7, 11) is 0. The third kappa shape index (κ3) is 38.2. The summed E-state index contributed by atoms with van der Waals surface area (Å²) in [5.41, 5.74) is 5.21. The van der Waals surface area contributed by atoms with E-state index in [0.29, 0.717) is 11.8 Å². The third-order valence-corrected chi connectivity index (χ3v) is 13.6. The average Bonchev–Trinajstić information content (AvgIpc) is 4.16. The van der Waals surface area contributed by atoms with Crippen LogP contribution in [0.3, 0.4) is 0 Å². The van der Waals surface area contributed by atoms with E-state index in [-0.39, 0.29) is 0 Å². The molecule has 4 aromatic rings. The van der Waals surface area contributed by atoms with Gasteiger partial charge in [-0.2, -0.15) is 0 Å². The molecule has 0 spiro atoms. The zero-order valence-electron chi connectivity index (χ0n) is 51.5. The van der Waals surface area contributed by atoms with Crippen LogP contribution in [0.4, 0.5) is 0 Å². The topological polar surface area (TPSA) is 123 Å². The van der Waals surface area contributed by atoms with Gasteiger partial charge in [0.1, 0.15) is 0 Å². The van der Waals surface area contributed by atoms with Crippen molar-refractivity contribution in [3.8, 4) is 0 Å². The molecule has 12 nitrogen and oxygen atoms in total. The summed E-state index contributed by atoms with van der Waals surface area (Å²) in [6.45, 7) is 40.3. The molecule has 4 aromatic heterocycles. The Labute approximate surface area is 457 Å². The summed E-state index contributed by atoms with van der Waals surface area (Å²) >= 11 is 0. The zero-order valence-corrected chi connectivity index (χ0v) is 51.5. The molecule has 0 N–H and O–H groups in total. The summed E-state index contributed by atoms with van der Waals surface area (Å²) in [6, 6.07) is 0. The van der Waals surface area contributed by atoms with Gasteiger partial charge in [-0.1, -0.05) is 234 Å². The second kappa shape index (κ2) is 43.6. The molecule has 0 aliphatic rings. The molecule has 428 valence electrons. The summed E-state index contributed by atoms with van der Waals surface area (Å²) in [4.78, 5) is 0. The molecule has 0 aliphatic carbocycles. The van der Waals surface area contributed by atoms with E-state index in [1.807, 2.05) is 24.8 Å². The molecule has 0 bridgehead atoms. The Balaban J connectivity index is 0.000000495. The van der Waals surface area contributed by atoms with Crippen LogP contribution >= 0.6 is 0 Å². The van der Waals surface area contributed by atoms with Crippen molar-refractivity contribution < 1.29 is 0 Å². The van der Waals surface area contributed by atoms with Gasteiger partial charge in [0.15, 0.2) is 0 Å². The van der Waals surface area contributed by atoms with Crippen molar-refractivity contribution in [2.24, 2.45) is 47.3 Å². The highest BCUT2D eigenvalue weighted by Gasteiger charge is 2.09. The van der Waals surface area contributed by atoms with E-state index in [9.17, 15) is 0 Å². The van der Waals surface area contributed by atoms with E-state index < -0.39 is 0 Å². The minimum atomic E-state index is 0.636. The van der Waals surface area contributed by atoms with Gasteiger partial charge in [0.05, 0.1) is 47.6 Å². The molecule has 0 aromatic carbocycles. The fraction of sp³-hybridized carbons (Fsp3) is 0.871. The lowest BCUT2D eigenvalue weighted by Crippen LogP contribution is -2.09. The van der Waals surface area contributed by atoms with E-state index in [2.05, 4.69) is 171 Å². The molecule has 0 saturated carbocycles. The van der Waals surface area contributed by atoms with Crippen molar-refractivity contribution in [3.05, 3.63) is 47.6 Å². The van der Waals surface area contributed by atoms with Gasteiger partial charge in [-0.15, -0.1) is 20.4 Å². The van der Waals surface area contributed by atoms with Crippen LogP contribution in [-0.2, 0) is 51.9 Å². The van der Waals surface area contributed by atoms with Gasteiger partial charge in [-0.25, -0.2) is 18.7 Å². The molecule has 0 atom stereocenters. The van der Waals surface area contributed by atoms with Gasteiger partial charge in [-0.3, -0.25) is 0 Å². The zero-order chi connectivity index (χ0) is 54.9. The number of hydrogen-bond acceptors (Lipinski definition) is 8. The van der Waals surface area contributed by atoms with Gasteiger partial charge >= 0.3 is 0 Å². The molecule has 0 fully saturated rings. The van der Waals surface area contributed by atoms with Crippen molar-refractivity contribution in [1.82, 2.24) is 60.0 Å². The van der Waals surface area contributed by atoms with Gasteiger partial charge in [0.2, 0.25) is 0 Å². The first-order valence-electron chi connectivity index (χ1n) is 30.9. The first kappa shape index (κ1) is 68.6. The first-order valence-corrected chi connectivity index (χ1v) is 30.9. The average molecular weight is 1030 g/mol. The predicted octanol–water partition coefficient (Wildman–Crippen LogP) is 17.1. The van der Waals surface area contributed by atoms with E-state index in [4.69, 9.17) is 0 Å². The van der Waals surface area contributed by atoms with Crippen LogP contribution in [0.25, 0.3) is 0 Å². The fourth-order valence-corrected chi connectivity index (χ4v) is 8.88. The molecule has 4 rings (SSSR count). The third-order valence-electron chi connectivity index (χ3n) is 13.6. The van der Waals surface area contributed by atoms with Gasteiger partial charge in [-0.05, 0) is 112 Å². The van der Waals surface area contributed by atoms with Gasteiger partial charge in [0.25, 0.3) is 0 Å². The van der Waals surface area contributed by atoms with Crippen LogP contribution in [0.1, 0.15) is 275 Å². The smallest absolute Gasteiger partial charge is 0.0725 e. The van der Waals surface area contributed by atoms with Crippen molar-refractivity contribution in [3.63, 3.8) is 0 Å². The van der Waals surface area contributed by atoms with Crippen LogP contribution in [0, 0.1) is 47.3 Å². The quantitative estimate of drug-likeness (QED) is 0.0407.